The van der Waals surface area contributed by atoms with E-state index >= 15 is 0 Å². The van der Waals surface area contributed by atoms with Gasteiger partial charge in [0.25, 0.3) is 0 Å². The van der Waals surface area contributed by atoms with Gasteiger partial charge in [-0.15, -0.1) is 0 Å². The van der Waals surface area contributed by atoms with Crippen molar-refractivity contribution in [3.8, 4) is 0 Å². The Bertz CT molecular complexity index is 1490. The lowest BCUT2D eigenvalue weighted by molar-refractivity contribution is -0.143. The van der Waals surface area contributed by atoms with Crippen LogP contribution in [0.2, 0.25) is 0 Å². The molecule has 0 fully saturated rings. The summed E-state index contributed by atoms with van der Waals surface area (Å²) in [6.07, 6.45) is 28.3. The average molecular weight is 1190 g/mol. The number of hydrogen-bond donors (Lipinski definition) is 6. The molecule has 0 aliphatic rings. The number of hydrogen-bond acceptors (Lipinski definition) is 10. The Morgan fingerprint density at radius 3 is 0.843 bits per heavy atom. The second-order valence-corrected chi connectivity index (χ2v) is 21.9. The van der Waals surface area contributed by atoms with Crippen LogP contribution in [0.4, 0.5) is 0 Å². The molecular formula is C67H136N4O12. The summed E-state index contributed by atoms with van der Waals surface area (Å²) >= 11 is 0. The predicted octanol–water partition coefficient (Wildman–Crippen LogP) is 15.6. The van der Waals surface area contributed by atoms with E-state index in [9.17, 15) is 47.9 Å². The van der Waals surface area contributed by atoms with Crippen molar-refractivity contribution in [2.24, 2.45) is 82.1 Å². The van der Waals surface area contributed by atoms with Gasteiger partial charge in [0, 0.05) is 60.2 Å². The van der Waals surface area contributed by atoms with Gasteiger partial charge in [0.05, 0.1) is 11.8 Å². The molecule has 0 spiro atoms. The van der Waals surface area contributed by atoms with Crippen LogP contribution in [0.15, 0.2) is 0 Å². The van der Waals surface area contributed by atoms with Crippen LogP contribution >= 0.6 is 0 Å². The van der Waals surface area contributed by atoms with Gasteiger partial charge < -0.3 is 42.7 Å². The molecule has 16 nitrogen and oxygen atoms in total. The number of carboxylic acids is 2. The van der Waals surface area contributed by atoms with E-state index in [0.717, 1.165) is 63.9 Å². The molecule has 4 amide bonds. The third-order valence-electron chi connectivity index (χ3n) is 14.1. The molecule has 0 aromatic rings. The quantitative estimate of drug-likeness (QED) is 0.0246. The van der Waals surface area contributed by atoms with Crippen LogP contribution in [0.3, 0.4) is 0 Å². The maximum atomic E-state index is 12.3. The van der Waals surface area contributed by atoms with Crippen LogP contribution in [0.1, 0.15) is 312 Å². The largest absolute Gasteiger partial charge is 0.481 e. The molecule has 0 aliphatic carbocycles. The Hall–Kier alpha value is -4.50. The number of amides is 4. The summed E-state index contributed by atoms with van der Waals surface area (Å²) in [6.45, 7) is 39.0. The number of Topliss-reactive ketones (excluding diaryl/α,β-unsaturated/α-hetero) is 2. The highest BCUT2D eigenvalue weighted by Crippen LogP contribution is 2.21. The first-order chi connectivity index (χ1) is 39.0. The third kappa shape index (κ3) is 77.5. The predicted molar refractivity (Wildman–Crippen MR) is 347 cm³/mol. The maximum Gasteiger partial charge on any atom is 0.306 e. The van der Waals surface area contributed by atoms with Crippen LogP contribution < -0.4 is 22.9 Å². The molecule has 0 rings (SSSR count). The highest BCUT2D eigenvalue weighted by atomic mass is 16.4. The number of unbranched alkanes of at least 4 members (excludes halogenated alkanes) is 12. The summed E-state index contributed by atoms with van der Waals surface area (Å²) in [7, 11) is 0. The number of ketones is 2. The van der Waals surface area contributed by atoms with Gasteiger partial charge in [0.2, 0.25) is 23.6 Å². The monoisotopic (exact) mass is 1190 g/mol. The Morgan fingerprint density at radius 1 is 0.337 bits per heavy atom. The van der Waals surface area contributed by atoms with Crippen molar-refractivity contribution in [3.05, 3.63) is 0 Å². The Morgan fingerprint density at radius 2 is 0.602 bits per heavy atom. The summed E-state index contributed by atoms with van der Waals surface area (Å²) in [4.78, 5) is 108. The topological polar surface area (TPSA) is 315 Å². The zero-order valence-corrected chi connectivity index (χ0v) is 57.3. The number of aldehydes is 2. The van der Waals surface area contributed by atoms with Crippen molar-refractivity contribution in [2.75, 3.05) is 0 Å². The van der Waals surface area contributed by atoms with Gasteiger partial charge in [-0.3, -0.25) is 38.4 Å². The number of rotatable bonds is 40. The maximum absolute atomic E-state index is 12.3. The van der Waals surface area contributed by atoms with Crippen molar-refractivity contribution in [1.29, 1.82) is 0 Å². The molecule has 0 aromatic heterocycles. The van der Waals surface area contributed by atoms with Crippen molar-refractivity contribution in [3.63, 3.8) is 0 Å². The minimum absolute atomic E-state index is 0.0248. The van der Waals surface area contributed by atoms with Crippen molar-refractivity contribution >= 4 is 59.7 Å². The molecule has 10 atom stereocenters. The Labute approximate surface area is 509 Å². The molecule has 83 heavy (non-hydrogen) atoms. The van der Waals surface area contributed by atoms with Gasteiger partial charge in [-0.05, 0) is 77.0 Å². The molecule has 0 bridgehead atoms. The van der Waals surface area contributed by atoms with Crippen LogP contribution in [0.5, 0.6) is 0 Å². The van der Waals surface area contributed by atoms with E-state index in [1.807, 2.05) is 69.2 Å². The first-order valence-electron chi connectivity index (χ1n) is 32.6. The number of aliphatic carboxylic acids is 2. The van der Waals surface area contributed by atoms with Gasteiger partial charge >= 0.3 is 11.9 Å². The van der Waals surface area contributed by atoms with Gasteiger partial charge in [-0.2, -0.15) is 0 Å². The minimum atomic E-state index is -0.856. The van der Waals surface area contributed by atoms with Crippen molar-refractivity contribution in [1.82, 2.24) is 0 Å². The fraction of sp³-hybridized carbons (Fsp3) is 0.851. The lowest BCUT2D eigenvalue weighted by atomic mass is 9.87. The molecule has 0 saturated carbocycles. The van der Waals surface area contributed by atoms with E-state index in [0.29, 0.717) is 57.8 Å². The lowest BCUT2D eigenvalue weighted by Gasteiger charge is -2.16. The molecule has 0 radical (unpaired) electrons. The number of carbonyl (C=O) groups excluding carboxylic acids is 8. The highest BCUT2D eigenvalue weighted by molar-refractivity contribution is 5.83. The number of primary amides is 4. The average Bonchev–Trinajstić information content (AvgIpc) is 3.47. The van der Waals surface area contributed by atoms with E-state index in [4.69, 9.17) is 33.1 Å². The molecule has 10 N–H and O–H groups in total. The minimum Gasteiger partial charge on any atom is -0.481 e. The first-order valence-corrected chi connectivity index (χ1v) is 32.6. The van der Waals surface area contributed by atoms with Gasteiger partial charge in [-0.25, -0.2) is 0 Å². The molecule has 0 aliphatic heterocycles. The lowest BCUT2D eigenvalue weighted by Crippen LogP contribution is -2.25. The molecule has 496 valence electrons. The molecule has 10 unspecified atom stereocenters. The molecular weight excluding hydrogens is 1050 g/mol. The standard InChI is InChI=1S/C23H42N2O4.2C8H15NO3.2C7H16.2C5H10O.2C2H6/c1-5-19(15-18(4)23(25)29)21(27)12-10-8-6-7-9-11-20(26)16(2)13-14-17(3)22(24)28;1-5(7(9)10)3-4-6(2)8(11)12;1-3-6(8(11)12)4-5(2)7(9)10;2*1-3-5-7-6-4-2;2*1-3-5(2)4-6;2*1-2/h16-19H,5-15H2,1-4H3,(H2,24,28)(H2,25,29);2*5-6H,3-4H2,1-2H3,(H2,9,10)(H,11,12);2*3-7H2,1-2H3;2*4-5H,3H2,1-2H3;2*1-2H3. The van der Waals surface area contributed by atoms with Crippen LogP contribution in [0, 0.1) is 59.2 Å². The summed E-state index contributed by atoms with van der Waals surface area (Å²) in [5.41, 5.74) is 20.6. The van der Waals surface area contributed by atoms with Gasteiger partial charge in [0.1, 0.15) is 24.1 Å². The Balaban J connectivity index is -0.000000121. The van der Waals surface area contributed by atoms with E-state index in [1.54, 1.807) is 41.5 Å². The summed E-state index contributed by atoms with van der Waals surface area (Å²) in [5.74, 6) is -4.12. The van der Waals surface area contributed by atoms with Crippen molar-refractivity contribution < 1.29 is 58.2 Å². The van der Waals surface area contributed by atoms with Gasteiger partial charge in [-0.1, -0.05) is 222 Å². The van der Waals surface area contributed by atoms with Gasteiger partial charge in [0.15, 0.2) is 0 Å². The number of carbonyl (C=O) groups is 10. The molecule has 16 heteroatoms. The Kier molecular flexibility index (Phi) is 86.6. The fourth-order valence-corrected chi connectivity index (χ4v) is 6.75. The summed E-state index contributed by atoms with van der Waals surface area (Å²) in [5, 5.41) is 17.2. The summed E-state index contributed by atoms with van der Waals surface area (Å²) < 4.78 is 0. The normalized spacial score (nSPS) is 13.4. The zero-order chi connectivity index (χ0) is 66.9. The highest BCUT2D eigenvalue weighted by Gasteiger charge is 2.23. The second kappa shape index (κ2) is 73.6. The SMILES string of the molecule is CC.CC.CC(CCC(C)C(=O)O)C(N)=O.CCC(C)C=O.CCC(C)C=O.CCC(CC(C)C(N)=O)C(=O)CCCCCCCC(=O)C(C)CCC(C)C(N)=O.CCC(CC(C)C(N)=O)C(=O)O.CCCCCCC.CCCCCCC. The summed E-state index contributed by atoms with van der Waals surface area (Å²) in [6, 6.07) is 0. The molecule has 0 heterocycles. The zero-order valence-electron chi connectivity index (χ0n) is 57.3. The number of carboxylic acid groups (broad SMARTS) is 2. The van der Waals surface area contributed by atoms with Crippen molar-refractivity contribution in [2.45, 2.75) is 312 Å². The van der Waals surface area contributed by atoms with E-state index in [1.165, 1.54) is 64.2 Å². The second-order valence-electron chi connectivity index (χ2n) is 21.9. The molecule has 0 saturated heterocycles. The van der Waals surface area contributed by atoms with Crippen LogP contribution in [-0.2, 0) is 47.9 Å². The van der Waals surface area contributed by atoms with Crippen LogP contribution in [0.25, 0.3) is 0 Å². The molecule has 0 aromatic carbocycles. The van der Waals surface area contributed by atoms with E-state index in [2.05, 4.69) is 27.7 Å². The number of nitrogens with two attached hydrogens (primary N) is 4. The smallest absolute Gasteiger partial charge is 0.306 e. The third-order valence-corrected chi connectivity index (χ3v) is 14.1. The van der Waals surface area contributed by atoms with Crippen LogP contribution in [-0.4, -0.2) is 69.9 Å². The fourth-order valence-electron chi connectivity index (χ4n) is 6.75. The van der Waals surface area contributed by atoms with E-state index < -0.39 is 29.7 Å². The van der Waals surface area contributed by atoms with E-state index in [-0.39, 0.29) is 76.6 Å². The first kappa shape index (κ1) is 97.6.